The minimum Gasteiger partial charge on any atom is -0.322 e. The highest BCUT2D eigenvalue weighted by Crippen LogP contribution is 2.19. The van der Waals surface area contributed by atoms with Gasteiger partial charge in [0.1, 0.15) is 5.56 Å². The van der Waals surface area contributed by atoms with Gasteiger partial charge in [-0.1, -0.05) is 22.0 Å². The lowest BCUT2D eigenvalue weighted by molar-refractivity contribution is 0.102. The Bertz CT molecular complexity index is 946. The van der Waals surface area contributed by atoms with E-state index < -0.39 is 5.91 Å². The van der Waals surface area contributed by atoms with Gasteiger partial charge in [-0.2, -0.15) is 0 Å². The quantitative estimate of drug-likeness (QED) is 0.744. The molecule has 1 N–H and O–H groups in total. The van der Waals surface area contributed by atoms with Crippen molar-refractivity contribution in [3.63, 3.8) is 0 Å². The average molecular weight is 378 g/mol. The van der Waals surface area contributed by atoms with Crippen LogP contribution in [0.3, 0.4) is 0 Å². The molecule has 1 aromatic carbocycles. The highest BCUT2D eigenvalue weighted by atomic mass is 79.9. The van der Waals surface area contributed by atoms with Crippen molar-refractivity contribution >= 4 is 43.8 Å². The number of hydrogen-bond acceptors (Lipinski definition) is 4. The van der Waals surface area contributed by atoms with E-state index in [1.807, 2.05) is 19.9 Å². The van der Waals surface area contributed by atoms with Gasteiger partial charge in [0.05, 0.1) is 0 Å². The Morgan fingerprint density at radius 1 is 1.36 bits per heavy atom. The number of rotatable bonds is 2. The predicted octanol–water partition coefficient (Wildman–Crippen LogP) is 3.39. The number of halogens is 1. The second-order valence-corrected chi connectivity index (χ2v) is 6.90. The summed E-state index contributed by atoms with van der Waals surface area (Å²) < 4.78 is 2.33. The van der Waals surface area contributed by atoms with Crippen LogP contribution < -0.4 is 10.9 Å². The third-order valence-electron chi connectivity index (χ3n) is 3.35. The third kappa shape index (κ3) is 2.57. The van der Waals surface area contributed by atoms with Crippen molar-refractivity contribution in [2.45, 2.75) is 13.8 Å². The number of amides is 1. The maximum atomic E-state index is 12.5. The zero-order valence-corrected chi connectivity index (χ0v) is 14.3. The Labute approximate surface area is 138 Å². The molecule has 112 valence electrons. The lowest BCUT2D eigenvalue weighted by atomic mass is 10.2. The molecule has 2 heterocycles. The second-order valence-electron chi connectivity index (χ2n) is 4.80. The second kappa shape index (κ2) is 5.66. The number of thiazole rings is 1. The lowest BCUT2D eigenvalue weighted by Crippen LogP contribution is -2.26. The van der Waals surface area contributed by atoms with Crippen LogP contribution in [-0.4, -0.2) is 15.3 Å². The van der Waals surface area contributed by atoms with E-state index in [-0.39, 0.29) is 11.1 Å². The van der Waals surface area contributed by atoms with E-state index in [1.54, 1.807) is 18.2 Å². The third-order valence-corrected chi connectivity index (χ3v) is 4.91. The normalized spacial score (nSPS) is 10.9. The van der Waals surface area contributed by atoms with Crippen molar-refractivity contribution in [1.82, 2.24) is 9.38 Å². The Morgan fingerprint density at radius 3 is 2.86 bits per heavy atom. The van der Waals surface area contributed by atoms with Crippen LogP contribution in [0.4, 0.5) is 5.69 Å². The summed E-state index contributed by atoms with van der Waals surface area (Å²) in [6.07, 6.45) is 1.33. The van der Waals surface area contributed by atoms with E-state index in [2.05, 4.69) is 26.2 Å². The van der Waals surface area contributed by atoms with E-state index in [4.69, 9.17) is 0 Å². The van der Waals surface area contributed by atoms with Crippen LogP contribution in [0.1, 0.15) is 20.9 Å². The number of fused-ring (bicyclic) bond motifs is 1. The number of benzene rings is 1. The van der Waals surface area contributed by atoms with E-state index in [0.29, 0.717) is 10.6 Å². The monoisotopic (exact) mass is 377 g/mol. The van der Waals surface area contributed by atoms with Gasteiger partial charge in [-0.3, -0.25) is 14.0 Å². The van der Waals surface area contributed by atoms with Gasteiger partial charge in [0.25, 0.3) is 11.5 Å². The van der Waals surface area contributed by atoms with E-state index in [1.165, 1.54) is 21.9 Å². The first-order valence-corrected chi connectivity index (χ1v) is 8.13. The molecule has 0 fully saturated rings. The summed E-state index contributed by atoms with van der Waals surface area (Å²) in [5.74, 6) is -0.465. The molecule has 0 saturated carbocycles. The maximum Gasteiger partial charge on any atom is 0.271 e. The number of carbonyl (C=O) groups is 1. The van der Waals surface area contributed by atoms with Crippen LogP contribution in [-0.2, 0) is 0 Å². The fourth-order valence-corrected chi connectivity index (χ4v) is 3.43. The molecule has 7 heteroatoms. The van der Waals surface area contributed by atoms with Crippen molar-refractivity contribution < 1.29 is 4.79 Å². The summed E-state index contributed by atoms with van der Waals surface area (Å²) >= 11 is 4.77. The molecule has 0 saturated heterocycles. The zero-order valence-electron chi connectivity index (χ0n) is 11.9. The Balaban J connectivity index is 2.03. The van der Waals surface area contributed by atoms with Crippen LogP contribution in [0, 0.1) is 13.8 Å². The number of nitrogens with zero attached hydrogens (tertiary/aromatic N) is 2. The Hall–Kier alpha value is -1.99. The molecule has 5 nitrogen and oxygen atoms in total. The molecular weight excluding hydrogens is 366 g/mol. The average Bonchev–Trinajstić information content (AvgIpc) is 2.75. The summed E-state index contributed by atoms with van der Waals surface area (Å²) in [4.78, 5) is 30.7. The van der Waals surface area contributed by atoms with E-state index in [0.717, 1.165) is 15.0 Å². The molecule has 3 rings (SSSR count). The van der Waals surface area contributed by atoms with Crippen LogP contribution in [0.5, 0.6) is 0 Å². The summed E-state index contributed by atoms with van der Waals surface area (Å²) in [6, 6.07) is 7.18. The molecule has 0 spiro atoms. The molecule has 0 aliphatic rings. The molecule has 0 radical (unpaired) electrons. The summed E-state index contributed by atoms with van der Waals surface area (Å²) in [5, 5.41) is 2.71. The van der Waals surface area contributed by atoms with Crippen molar-refractivity contribution in [3.8, 4) is 0 Å². The molecule has 3 aromatic rings. The van der Waals surface area contributed by atoms with E-state index >= 15 is 0 Å². The number of aromatic nitrogens is 2. The fraction of sp³-hybridized carbons (Fsp3) is 0.133. The number of anilines is 1. The number of nitrogens with one attached hydrogen (secondary N) is 1. The van der Waals surface area contributed by atoms with Gasteiger partial charge in [0.15, 0.2) is 4.96 Å². The van der Waals surface area contributed by atoms with Crippen molar-refractivity contribution in [2.24, 2.45) is 0 Å². The Kier molecular flexibility index (Phi) is 3.84. The van der Waals surface area contributed by atoms with Gasteiger partial charge >= 0.3 is 0 Å². The van der Waals surface area contributed by atoms with Crippen molar-refractivity contribution in [2.75, 3.05) is 5.32 Å². The minimum absolute atomic E-state index is 0.0263. The van der Waals surface area contributed by atoms with E-state index in [9.17, 15) is 9.59 Å². The molecule has 1 amide bonds. The molecular formula is C15H12BrN3O2S. The number of carbonyl (C=O) groups excluding carboxylic acids is 1. The molecule has 22 heavy (non-hydrogen) atoms. The minimum atomic E-state index is -0.465. The molecule has 0 unspecified atom stereocenters. The van der Waals surface area contributed by atoms with Gasteiger partial charge in [-0.25, -0.2) is 4.98 Å². The van der Waals surface area contributed by atoms with Crippen LogP contribution in [0.2, 0.25) is 0 Å². The van der Waals surface area contributed by atoms with Crippen molar-refractivity contribution in [3.05, 3.63) is 61.4 Å². The first-order chi connectivity index (χ1) is 10.5. The van der Waals surface area contributed by atoms with Gasteiger partial charge in [0, 0.05) is 26.9 Å². The largest absolute Gasteiger partial charge is 0.322 e. The Morgan fingerprint density at radius 2 is 2.14 bits per heavy atom. The predicted molar refractivity (Wildman–Crippen MR) is 90.9 cm³/mol. The maximum absolute atomic E-state index is 12.5. The van der Waals surface area contributed by atoms with Crippen molar-refractivity contribution in [1.29, 1.82) is 0 Å². The smallest absolute Gasteiger partial charge is 0.271 e. The SMILES string of the molecule is Cc1sc2ncc(C(=O)Nc3cccc(Br)c3)c(=O)n2c1C. The van der Waals surface area contributed by atoms with Gasteiger partial charge in [-0.05, 0) is 32.0 Å². The van der Waals surface area contributed by atoms with Gasteiger partial charge in [-0.15, -0.1) is 11.3 Å². The lowest BCUT2D eigenvalue weighted by Gasteiger charge is -2.05. The van der Waals surface area contributed by atoms with Crippen LogP contribution >= 0.6 is 27.3 Å². The van der Waals surface area contributed by atoms with Crippen LogP contribution in [0.15, 0.2) is 39.7 Å². The van der Waals surface area contributed by atoms with Gasteiger partial charge < -0.3 is 5.32 Å². The first kappa shape index (κ1) is 14.9. The molecule has 0 aliphatic heterocycles. The zero-order chi connectivity index (χ0) is 15.9. The molecule has 0 bridgehead atoms. The first-order valence-electron chi connectivity index (χ1n) is 6.52. The highest BCUT2D eigenvalue weighted by Gasteiger charge is 2.16. The van der Waals surface area contributed by atoms with Gasteiger partial charge in [0.2, 0.25) is 0 Å². The van der Waals surface area contributed by atoms with Crippen LogP contribution in [0.25, 0.3) is 4.96 Å². The molecule has 0 aliphatic carbocycles. The number of hydrogen-bond donors (Lipinski definition) is 1. The fourth-order valence-electron chi connectivity index (χ4n) is 2.10. The number of aryl methyl sites for hydroxylation is 2. The molecule has 2 aromatic heterocycles. The highest BCUT2D eigenvalue weighted by molar-refractivity contribution is 9.10. The summed E-state index contributed by atoms with van der Waals surface area (Å²) in [7, 11) is 0. The summed E-state index contributed by atoms with van der Waals surface area (Å²) in [6.45, 7) is 3.77. The molecule has 0 atom stereocenters. The summed E-state index contributed by atoms with van der Waals surface area (Å²) in [5.41, 5.74) is 1.11. The topological polar surface area (TPSA) is 63.5 Å². The standard InChI is InChI=1S/C15H12BrN3O2S/c1-8-9(2)22-15-17-7-12(14(21)19(8)15)13(20)18-11-5-3-4-10(16)6-11/h3-7H,1-2H3,(H,18,20).